The van der Waals surface area contributed by atoms with Crippen molar-refractivity contribution in [2.75, 3.05) is 20.3 Å². The van der Waals surface area contributed by atoms with Crippen LogP contribution in [0.15, 0.2) is 21.5 Å². The maximum absolute atomic E-state index is 12.5. The summed E-state index contributed by atoms with van der Waals surface area (Å²) >= 11 is 9.22. The molecule has 2 rings (SSSR count). The molecule has 1 aliphatic rings. The van der Waals surface area contributed by atoms with Crippen LogP contribution in [0, 0.1) is 0 Å². The van der Waals surface area contributed by atoms with Crippen LogP contribution in [0.5, 0.6) is 0 Å². The summed E-state index contributed by atoms with van der Waals surface area (Å²) in [6.07, 6.45) is 0.732. The summed E-state index contributed by atoms with van der Waals surface area (Å²) in [6.45, 7) is 1.05. The minimum absolute atomic E-state index is 0.0505. The molecule has 1 aromatic rings. The fraction of sp³-hybridized carbons (Fsp3) is 0.417. The molecule has 1 aliphatic heterocycles. The molecule has 116 valence electrons. The van der Waals surface area contributed by atoms with Gasteiger partial charge in [0.2, 0.25) is 10.0 Å². The number of amides is 1. The van der Waals surface area contributed by atoms with Gasteiger partial charge in [-0.1, -0.05) is 27.5 Å². The standard InChI is InChI=1S/C12H14BrClN2O4S/c1-16(8-2-3-20-6-8)12(17)9-4-7(13)5-10(11(9)14)21(15,18)19/h4-5,8H,2-3,6H2,1H3,(H2,15,18,19). The Morgan fingerprint density at radius 3 is 2.71 bits per heavy atom. The molecule has 1 unspecified atom stereocenters. The molecule has 1 aromatic carbocycles. The second kappa shape index (κ2) is 6.21. The first-order valence-electron chi connectivity index (χ1n) is 6.08. The topological polar surface area (TPSA) is 89.7 Å². The molecule has 1 fully saturated rings. The van der Waals surface area contributed by atoms with E-state index < -0.39 is 10.0 Å². The Morgan fingerprint density at radius 1 is 1.52 bits per heavy atom. The number of nitrogens with two attached hydrogens (primary N) is 1. The van der Waals surface area contributed by atoms with E-state index in [0.29, 0.717) is 17.7 Å². The van der Waals surface area contributed by atoms with E-state index in [0.717, 1.165) is 6.42 Å². The highest BCUT2D eigenvalue weighted by Gasteiger charge is 2.28. The van der Waals surface area contributed by atoms with Gasteiger partial charge in [-0.2, -0.15) is 0 Å². The van der Waals surface area contributed by atoms with Gasteiger partial charge < -0.3 is 9.64 Å². The molecule has 0 saturated carbocycles. The largest absolute Gasteiger partial charge is 0.379 e. The van der Waals surface area contributed by atoms with Crippen molar-refractivity contribution in [2.24, 2.45) is 5.14 Å². The summed E-state index contributed by atoms with van der Waals surface area (Å²) in [4.78, 5) is 13.7. The van der Waals surface area contributed by atoms with Crippen LogP contribution in [-0.2, 0) is 14.8 Å². The van der Waals surface area contributed by atoms with Gasteiger partial charge in [0.1, 0.15) is 4.90 Å². The van der Waals surface area contributed by atoms with Crippen molar-refractivity contribution in [1.82, 2.24) is 4.90 Å². The van der Waals surface area contributed by atoms with Crippen molar-refractivity contribution >= 4 is 43.5 Å². The third-order valence-electron chi connectivity index (χ3n) is 3.31. The summed E-state index contributed by atoms with van der Waals surface area (Å²) < 4.78 is 28.7. The molecule has 6 nitrogen and oxygen atoms in total. The number of halogens is 2. The molecular formula is C12H14BrClN2O4S. The Morgan fingerprint density at radius 2 is 2.19 bits per heavy atom. The Hall–Kier alpha value is -0.670. The molecule has 0 bridgehead atoms. The highest BCUT2D eigenvalue weighted by Crippen LogP contribution is 2.30. The number of hydrogen-bond acceptors (Lipinski definition) is 4. The highest BCUT2D eigenvalue weighted by molar-refractivity contribution is 9.10. The van der Waals surface area contributed by atoms with E-state index in [2.05, 4.69) is 15.9 Å². The van der Waals surface area contributed by atoms with E-state index in [4.69, 9.17) is 21.5 Å². The van der Waals surface area contributed by atoms with Gasteiger partial charge in [0.25, 0.3) is 5.91 Å². The average Bonchev–Trinajstić information content (AvgIpc) is 2.92. The predicted molar refractivity (Wildman–Crippen MR) is 81.8 cm³/mol. The van der Waals surface area contributed by atoms with Gasteiger partial charge in [-0.15, -0.1) is 0 Å². The van der Waals surface area contributed by atoms with E-state index >= 15 is 0 Å². The predicted octanol–water partition coefficient (Wildman–Crippen LogP) is 1.61. The van der Waals surface area contributed by atoms with Crippen LogP contribution in [0.3, 0.4) is 0 Å². The molecule has 1 atom stereocenters. The second-order valence-corrected chi connectivity index (χ2v) is 7.57. The first-order chi connectivity index (χ1) is 9.71. The first-order valence-corrected chi connectivity index (χ1v) is 8.80. The quantitative estimate of drug-likeness (QED) is 0.839. The molecule has 0 spiro atoms. The van der Waals surface area contributed by atoms with Crippen LogP contribution < -0.4 is 5.14 Å². The number of nitrogens with zero attached hydrogens (tertiary/aromatic N) is 1. The van der Waals surface area contributed by atoms with E-state index in [9.17, 15) is 13.2 Å². The molecule has 21 heavy (non-hydrogen) atoms. The summed E-state index contributed by atoms with van der Waals surface area (Å²) in [5.74, 6) is -0.373. The number of primary sulfonamides is 1. The number of ether oxygens (including phenoxy) is 1. The van der Waals surface area contributed by atoms with Gasteiger partial charge in [0.05, 0.1) is 23.2 Å². The zero-order valence-corrected chi connectivity index (χ0v) is 14.3. The van der Waals surface area contributed by atoms with Gasteiger partial charge in [-0.05, 0) is 18.6 Å². The zero-order chi connectivity index (χ0) is 15.8. The number of rotatable bonds is 3. The van der Waals surface area contributed by atoms with Crippen molar-refractivity contribution in [2.45, 2.75) is 17.4 Å². The third-order valence-corrected chi connectivity index (χ3v) is 5.23. The van der Waals surface area contributed by atoms with Gasteiger partial charge in [0, 0.05) is 18.1 Å². The molecule has 1 amide bonds. The maximum Gasteiger partial charge on any atom is 0.255 e. The summed E-state index contributed by atoms with van der Waals surface area (Å²) in [5.41, 5.74) is 0.0875. The molecule has 1 saturated heterocycles. The number of likely N-dealkylation sites (N-methyl/N-ethyl adjacent to an activating group) is 1. The number of sulfonamides is 1. The van der Waals surface area contributed by atoms with Gasteiger partial charge in [0.15, 0.2) is 0 Å². The fourth-order valence-electron chi connectivity index (χ4n) is 2.11. The zero-order valence-electron chi connectivity index (χ0n) is 11.2. The number of carbonyl (C=O) groups excluding carboxylic acids is 1. The second-order valence-electron chi connectivity index (χ2n) is 4.74. The Kier molecular flexibility index (Phi) is 4.94. The lowest BCUT2D eigenvalue weighted by Crippen LogP contribution is -2.37. The normalized spacial score (nSPS) is 18.8. The lowest BCUT2D eigenvalue weighted by molar-refractivity contribution is 0.0711. The monoisotopic (exact) mass is 396 g/mol. The van der Waals surface area contributed by atoms with E-state index in [-0.39, 0.29) is 27.4 Å². The number of hydrogen-bond donors (Lipinski definition) is 1. The Labute approximate surface area is 136 Å². The third kappa shape index (κ3) is 3.57. The van der Waals surface area contributed by atoms with E-state index in [1.165, 1.54) is 17.0 Å². The van der Waals surface area contributed by atoms with Crippen molar-refractivity contribution in [3.8, 4) is 0 Å². The number of benzene rings is 1. The molecule has 1 heterocycles. The number of carbonyl (C=O) groups is 1. The molecule has 0 aromatic heterocycles. The molecule has 0 radical (unpaired) electrons. The summed E-state index contributed by atoms with van der Waals surface area (Å²) in [7, 11) is -2.38. The maximum atomic E-state index is 12.5. The fourth-order valence-corrected chi connectivity index (χ4v) is 3.88. The van der Waals surface area contributed by atoms with Crippen LogP contribution in [0.2, 0.25) is 5.02 Å². The van der Waals surface area contributed by atoms with Gasteiger partial charge in [-0.25, -0.2) is 13.6 Å². The molecule has 0 aliphatic carbocycles. The SMILES string of the molecule is CN(C(=O)c1cc(Br)cc(S(N)(=O)=O)c1Cl)C1CCOC1. The van der Waals surface area contributed by atoms with Crippen LogP contribution in [0.25, 0.3) is 0 Å². The van der Waals surface area contributed by atoms with Crippen LogP contribution in [0.1, 0.15) is 16.8 Å². The first kappa shape index (κ1) is 16.7. The van der Waals surface area contributed by atoms with Crippen molar-refractivity contribution in [3.63, 3.8) is 0 Å². The van der Waals surface area contributed by atoms with Crippen LogP contribution >= 0.6 is 27.5 Å². The lowest BCUT2D eigenvalue weighted by Gasteiger charge is -2.24. The molecule has 2 N–H and O–H groups in total. The van der Waals surface area contributed by atoms with E-state index in [1.807, 2.05) is 0 Å². The Balaban J connectivity index is 2.44. The minimum Gasteiger partial charge on any atom is -0.379 e. The smallest absolute Gasteiger partial charge is 0.255 e. The van der Waals surface area contributed by atoms with Crippen molar-refractivity contribution in [3.05, 3.63) is 27.2 Å². The van der Waals surface area contributed by atoms with Crippen LogP contribution in [-0.4, -0.2) is 45.5 Å². The average molecular weight is 398 g/mol. The molecule has 9 heteroatoms. The summed E-state index contributed by atoms with van der Waals surface area (Å²) in [6, 6.07) is 2.70. The Bertz CT molecular complexity index is 674. The van der Waals surface area contributed by atoms with Gasteiger partial charge in [-0.3, -0.25) is 4.79 Å². The van der Waals surface area contributed by atoms with Crippen molar-refractivity contribution < 1.29 is 17.9 Å². The summed E-state index contributed by atoms with van der Waals surface area (Å²) in [5, 5.41) is 4.95. The lowest BCUT2D eigenvalue weighted by atomic mass is 10.1. The molecular weight excluding hydrogens is 384 g/mol. The van der Waals surface area contributed by atoms with Crippen LogP contribution in [0.4, 0.5) is 0 Å². The highest BCUT2D eigenvalue weighted by atomic mass is 79.9. The van der Waals surface area contributed by atoms with E-state index in [1.54, 1.807) is 7.05 Å². The minimum atomic E-state index is -4.01. The van der Waals surface area contributed by atoms with Gasteiger partial charge >= 0.3 is 0 Å². The van der Waals surface area contributed by atoms with Crippen molar-refractivity contribution in [1.29, 1.82) is 0 Å².